The van der Waals surface area contributed by atoms with Gasteiger partial charge in [0.15, 0.2) is 0 Å². The van der Waals surface area contributed by atoms with Crippen LogP contribution in [0.25, 0.3) is 22.3 Å². The Kier molecular flexibility index (Phi) is 18.4. The first-order valence-electron chi connectivity index (χ1n) is 19.3. The highest BCUT2D eigenvalue weighted by Crippen LogP contribution is 2.39. The first kappa shape index (κ1) is 49.5. The standard InChI is InChI=1S/C21H16N6O2.C21H15N5OS.C6H7NO.CH4/c1-13(28)26-16-6-4-15(5-7-16)19-17(9-22)20(24)27-21(18(19)10-23)29-12-14-3-2-8-25-11-14;1-13(27)25-15-9-7-14(8-10-15)19-17(11-22)20(24)26-21(18(19)12-23)28-16-5-3-2-4-6-16;8-5-6-2-1-3-7-4-6;/h2-8,11H,12H2,1H3,(H2,24,27)(H,26,28);2-10H,1H3,(H2,24,26)(H,25,27);1-4,8H,5H2;1H4. The number of nitrogen functional groups attached to an aromatic ring is 2. The van der Waals surface area contributed by atoms with Gasteiger partial charge < -0.3 is 31.9 Å². The number of nitrogens with zero attached hydrogens (tertiary/aromatic N) is 8. The Hall–Kier alpha value is -9.13. The van der Waals surface area contributed by atoms with E-state index in [-0.39, 0.29) is 72.2 Å². The van der Waals surface area contributed by atoms with Crippen molar-refractivity contribution in [3.8, 4) is 52.4 Å². The number of aliphatic hydroxyl groups excluding tert-OH is 1. The maximum absolute atomic E-state index is 11.2. The third kappa shape index (κ3) is 13.2. The molecule has 3 aromatic carbocycles. The number of hydrogen-bond donors (Lipinski definition) is 5. The van der Waals surface area contributed by atoms with Gasteiger partial charge in [-0.2, -0.15) is 26.0 Å². The molecule has 4 heterocycles. The Morgan fingerprint density at radius 2 is 1.11 bits per heavy atom. The normalized spacial score (nSPS) is 9.68. The molecule has 4 aromatic heterocycles. The number of nitrogens with one attached hydrogen (secondary N) is 2. The van der Waals surface area contributed by atoms with Crippen LogP contribution >= 0.6 is 11.8 Å². The van der Waals surface area contributed by atoms with Crippen LogP contribution in [0.2, 0.25) is 0 Å². The predicted molar refractivity (Wildman–Crippen MR) is 252 cm³/mol. The van der Waals surface area contributed by atoms with Crippen LogP contribution in [0.1, 0.15) is 54.7 Å². The summed E-state index contributed by atoms with van der Waals surface area (Å²) in [6, 6.07) is 38.6. The number of hydrogen-bond acceptors (Lipinski definition) is 15. The second-order valence-corrected chi connectivity index (χ2v) is 14.5. The number of aliphatic hydroxyl groups is 1. The summed E-state index contributed by atoms with van der Waals surface area (Å²) in [6.07, 6.45) is 6.60. The summed E-state index contributed by atoms with van der Waals surface area (Å²) < 4.78 is 5.71. The SMILES string of the molecule is C.CC(=O)Nc1ccc(-c2c(C#N)c(N)nc(OCc3cccnc3)c2C#N)cc1.CC(=O)Nc1ccc(-c2c(C#N)c(N)nc(Sc3ccccc3)c2C#N)cc1.OCc1cccnc1. The van der Waals surface area contributed by atoms with Gasteiger partial charge in [-0.05, 0) is 65.2 Å². The molecule has 0 bridgehead atoms. The predicted octanol–water partition coefficient (Wildman–Crippen LogP) is 8.40. The number of ether oxygens (including phenoxy) is 1. The molecule has 0 spiro atoms. The van der Waals surface area contributed by atoms with E-state index < -0.39 is 0 Å². The average Bonchev–Trinajstić information content (AvgIpc) is 3.32. The first-order valence-corrected chi connectivity index (χ1v) is 20.1. The first-order chi connectivity index (χ1) is 31.5. The average molecular weight is 895 g/mol. The molecule has 66 heavy (non-hydrogen) atoms. The lowest BCUT2D eigenvalue weighted by molar-refractivity contribution is -0.115. The molecule has 328 valence electrons. The zero-order chi connectivity index (χ0) is 46.7. The molecule has 7 N–H and O–H groups in total. The van der Waals surface area contributed by atoms with Crippen LogP contribution in [-0.4, -0.2) is 36.9 Å². The molecule has 0 saturated carbocycles. The van der Waals surface area contributed by atoms with Crippen LogP contribution in [0.3, 0.4) is 0 Å². The van der Waals surface area contributed by atoms with E-state index in [4.69, 9.17) is 21.3 Å². The zero-order valence-electron chi connectivity index (χ0n) is 34.9. The quantitative estimate of drug-likeness (QED) is 0.0861. The van der Waals surface area contributed by atoms with Gasteiger partial charge in [0, 0.05) is 71.6 Å². The molecule has 17 heteroatoms. The minimum Gasteiger partial charge on any atom is -0.472 e. The maximum atomic E-state index is 11.2. The number of rotatable bonds is 10. The maximum Gasteiger partial charge on any atom is 0.234 e. The summed E-state index contributed by atoms with van der Waals surface area (Å²) in [5, 5.41) is 53.0. The van der Waals surface area contributed by atoms with Crippen molar-refractivity contribution in [1.29, 1.82) is 21.0 Å². The lowest BCUT2D eigenvalue weighted by atomic mass is 9.96. The van der Waals surface area contributed by atoms with E-state index in [0.29, 0.717) is 38.7 Å². The summed E-state index contributed by atoms with van der Waals surface area (Å²) in [6.45, 7) is 3.05. The van der Waals surface area contributed by atoms with E-state index in [1.165, 1.54) is 25.6 Å². The van der Waals surface area contributed by atoms with Gasteiger partial charge in [0.05, 0.1) is 12.2 Å². The van der Waals surface area contributed by atoms with Gasteiger partial charge in [0.2, 0.25) is 17.7 Å². The molecule has 0 aliphatic rings. The number of carbonyl (C=O) groups is 2. The molecule has 0 fully saturated rings. The van der Waals surface area contributed by atoms with Crippen molar-refractivity contribution < 1.29 is 19.4 Å². The number of amides is 2. The van der Waals surface area contributed by atoms with E-state index in [1.54, 1.807) is 85.5 Å². The van der Waals surface area contributed by atoms with E-state index >= 15 is 0 Å². The molecule has 0 radical (unpaired) electrons. The zero-order valence-corrected chi connectivity index (χ0v) is 35.7. The molecular weight excluding hydrogens is 853 g/mol. The minimum atomic E-state index is -0.201. The van der Waals surface area contributed by atoms with Crippen LogP contribution < -0.4 is 26.8 Å². The lowest BCUT2D eigenvalue weighted by Crippen LogP contribution is -2.07. The fraction of sp³-hybridized carbons (Fsp3) is 0.102. The van der Waals surface area contributed by atoms with Crippen molar-refractivity contribution in [3.05, 3.63) is 161 Å². The Balaban J connectivity index is 0.000000244. The molecule has 7 aromatic rings. The van der Waals surface area contributed by atoms with Crippen molar-refractivity contribution in [3.63, 3.8) is 0 Å². The van der Waals surface area contributed by atoms with Crippen LogP contribution in [0.4, 0.5) is 23.0 Å². The van der Waals surface area contributed by atoms with Crippen LogP contribution in [-0.2, 0) is 22.8 Å². The lowest BCUT2D eigenvalue weighted by Gasteiger charge is -2.14. The molecule has 0 unspecified atom stereocenters. The third-order valence-electron chi connectivity index (χ3n) is 8.78. The molecule has 2 amide bonds. The largest absolute Gasteiger partial charge is 0.472 e. The summed E-state index contributed by atoms with van der Waals surface area (Å²) in [4.78, 5) is 39.5. The van der Waals surface area contributed by atoms with Crippen molar-refractivity contribution in [2.75, 3.05) is 22.1 Å². The van der Waals surface area contributed by atoms with Gasteiger partial charge in [0.1, 0.15) is 64.2 Å². The van der Waals surface area contributed by atoms with Crippen molar-refractivity contribution in [1.82, 2.24) is 19.9 Å². The smallest absolute Gasteiger partial charge is 0.234 e. The number of anilines is 4. The van der Waals surface area contributed by atoms with E-state index in [9.17, 15) is 30.6 Å². The van der Waals surface area contributed by atoms with Gasteiger partial charge >= 0.3 is 0 Å². The molecule has 16 nitrogen and oxygen atoms in total. The summed E-state index contributed by atoms with van der Waals surface area (Å²) in [5.74, 6) is -0.311. The fourth-order valence-corrected chi connectivity index (χ4v) is 6.84. The molecule has 7 rings (SSSR count). The molecule has 0 aliphatic heterocycles. The number of pyridine rings is 4. The van der Waals surface area contributed by atoms with Gasteiger partial charge in [0.25, 0.3) is 0 Å². The van der Waals surface area contributed by atoms with Gasteiger partial charge in [-0.1, -0.05) is 73.8 Å². The number of nitriles is 4. The highest BCUT2D eigenvalue weighted by Gasteiger charge is 2.23. The highest BCUT2D eigenvalue weighted by atomic mass is 32.2. The molecule has 0 aliphatic carbocycles. The third-order valence-corrected chi connectivity index (χ3v) is 9.78. The molecular formula is C49H42N12O4S. The second kappa shape index (κ2) is 24.5. The fourth-order valence-electron chi connectivity index (χ4n) is 5.93. The van der Waals surface area contributed by atoms with E-state index in [1.807, 2.05) is 48.5 Å². The Morgan fingerprint density at radius 3 is 1.53 bits per heavy atom. The number of aromatic nitrogens is 4. The van der Waals surface area contributed by atoms with Crippen molar-refractivity contribution in [2.24, 2.45) is 0 Å². The number of carbonyl (C=O) groups excluding carboxylic acids is 2. The number of nitrogens with two attached hydrogens (primary N) is 2. The van der Waals surface area contributed by atoms with Gasteiger partial charge in [-0.25, -0.2) is 4.98 Å². The van der Waals surface area contributed by atoms with Crippen LogP contribution in [0, 0.1) is 45.3 Å². The highest BCUT2D eigenvalue weighted by molar-refractivity contribution is 7.99. The Morgan fingerprint density at radius 1 is 0.636 bits per heavy atom. The second-order valence-electron chi connectivity index (χ2n) is 13.4. The van der Waals surface area contributed by atoms with Crippen LogP contribution in [0.15, 0.2) is 138 Å². The monoisotopic (exact) mass is 894 g/mol. The minimum absolute atomic E-state index is 0. The Labute approximate surface area is 385 Å². The van der Waals surface area contributed by atoms with Gasteiger partial charge in [-0.3, -0.25) is 19.6 Å². The molecule has 0 atom stereocenters. The summed E-state index contributed by atoms with van der Waals surface area (Å²) in [7, 11) is 0. The van der Waals surface area contributed by atoms with Gasteiger partial charge in [-0.15, -0.1) is 0 Å². The van der Waals surface area contributed by atoms with Crippen LogP contribution in [0.5, 0.6) is 5.88 Å². The van der Waals surface area contributed by atoms with E-state index in [2.05, 4.69) is 48.8 Å². The summed E-state index contributed by atoms with van der Waals surface area (Å²) >= 11 is 1.31. The number of benzene rings is 3. The summed E-state index contributed by atoms with van der Waals surface area (Å²) in [5.41, 5.74) is 17.5. The van der Waals surface area contributed by atoms with Crippen molar-refractivity contribution in [2.45, 2.75) is 44.4 Å². The topological polar surface area (TPSA) is 286 Å². The Bertz CT molecular complexity index is 2950. The van der Waals surface area contributed by atoms with Crippen molar-refractivity contribution >= 4 is 46.6 Å². The van der Waals surface area contributed by atoms with E-state index in [0.717, 1.165) is 16.0 Å². The molecule has 0 saturated heterocycles.